The van der Waals surface area contributed by atoms with Gasteiger partial charge in [0.2, 0.25) is 0 Å². The number of ether oxygens (including phenoxy) is 1. The molecule has 0 aromatic rings. The molecule has 0 heterocycles. The highest BCUT2D eigenvalue weighted by Crippen LogP contribution is 2.33. The van der Waals surface area contributed by atoms with Crippen LogP contribution in [0.1, 0.15) is 65.2 Å². The van der Waals surface area contributed by atoms with Gasteiger partial charge in [-0.05, 0) is 31.1 Å². The standard InChI is InChI=1S/C15H30O2/c1-3-5-6-13-7-9-14(10-8-13)15(16)12-17-11-4-2/h13-16H,3-12H2,1-2H3. The van der Waals surface area contributed by atoms with Gasteiger partial charge in [0.05, 0.1) is 12.7 Å². The molecule has 1 rings (SSSR count). The van der Waals surface area contributed by atoms with Crippen molar-refractivity contribution in [3.05, 3.63) is 0 Å². The molecule has 0 spiro atoms. The smallest absolute Gasteiger partial charge is 0.0801 e. The Hall–Kier alpha value is -0.0800. The molecule has 0 amide bonds. The lowest BCUT2D eigenvalue weighted by atomic mass is 9.78. The molecule has 102 valence electrons. The molecule has 2 nitrogen and oxygen atoms in total. The van der Waals surface area contributed by atoms with E-state index in [0.29, 0.717) is 12.5 Å². The van der Waals surface area contributed by atoms with E-state index < -0.39 is 0 Å². The lowest BCUT2D eigenvalue weighted by Crippen LogP contribution is -2.29. The van der Waals surface area contributed by atoms with E-state index in [1.807, 2.05) is 0 Å². The van der Waals surface area contributed by atoms with Crippen LogP contribution >= 0.6 is 0 Å². The molecule has 1 atom stereocenters. The summed E-state index contributed by atoms with van der Waals surface area (Å²) in [7, 11) is 0. The molecule has 1 saturated carbocycles. The van der Waals surface area contributed by atoms with Crippen molar-refractivity contribution in [3.8, 4) is 0 Å². The van der Waals surface area contributed by atoms with E-state index in [9.17, 15) is 5.11 Å². The van der Waals surface area contributed by atoms with Crippen LogP contribution in [-0.2, 0) is 4.74 Å². The summed E-state index contributed by atoms with van der Waals surface area (Å²) in [6, 6.07) is 0. The van der Waals surface area contributed by atoms with Crippen LogP contribution in [-0.4, -0.2) is 24.4 Å². The SMILES string of the molecule is CCCCC1CCC(C(O)COCCC)CC1. The maximum Gasteiger partial charge on any atom is 0.0801 e. The van der Waals surface area contributed by atoms with Crippen LogP contribution in [0.4, 0.5) is 0 Å². The van der Waals surface area contributed by atoms with Crippen LogP contribution in [0.2, 0.25) is 0 Å². The number of unbranched alkanes of at least 4 members (excludes halogenated alkanes) is 1. The van der Waals surface area contributed by atoms with Gasteiger partial charge in [-0.3, -0.25) is 0 Å². The number of aliphatic hydroxyl groups is 1. The van der Waals surface area contributed by atoms with Crippen LogP contribution < -0.4 is 0 Å². The van der Waals surface area contributed by atoms with Gasteiger partial charge in [-0.15, -0.1) is 0 Å². The van der Waals surface area contributed by atoms with E-state index >= 15 is 0 Å². The summed E-state index contributed by atoms with van der Waals surface area (Å²) in [6.07, 6.45) is 9.92. The molecule has 0 aromatic heterocycles. The van der Waals surface area contributed by atoms with Crippen LogP contribution in [0.15, 0.2) is 0 Å². The van der Waals surface area contributed by atoms with E-state index in [4.69, 9.17) is 4.74 Å². The predicted molar refractivity (Wildman–Crippen MR) is 72.1 cm³/mol. The Morgan fingerprint density at radius 3 is 2.41 bits per heavy atom. The molecule has 0 aliphatic heterocycles. The molecule has 1 N–H and O–H groups in total. The first-order valence-corrected chi connectivity index (χ1v) is 7.53. The van der Waals surface area contributed by atoms with E-state index in [2.05, 4.69) is 13.8 Å². The van der Waals surface area contributed by atoms with Crippen molar-refractivity contribution in [1.82, 2.24) is 0 Å². The summed E-state index contributed by atoms with van der Waals surface area (Å²) in [5.41, 5.74) is 0. The average molecular weight is 242 g/mol. The van der Waals surface area contributed by atoms with Crippen molar-refractivity contribution >= 4 is 0 Å². The highest BCUT2D eigenvalue weighted by atomic mass is 16.5. The predicted octanol–water partition coefficient (Wildman–Crippen LogP) is 3.77. The highest BCUT2D eigenvalue weighted by molar-refractivity contribution is 4.77. The average Bonchev–Trinajstić information content (AvgIpc) is 2.37. The largest absolute Gasteiger partial charge is 0.390 e. The van der Waals surface area contributed by atoms with Gasteiger partial charge in [-0.1, -0.05) is 46.0 Å². The molecule has 1 unspecified atom stereocenters. The molecule has 1 aliphatic carbocycles. The monoisotopic (exact) mass is 242 g/mol. The van der Waals surface area contributed by atoms with Gasteiger partial charge in [0.15, 0.2) is 0 Å². The van der Waals surface area contributed by atoms with Crippen molar-refractivity contribution in [2.24, 2.45) is 11.8 Å². The van der Waals surface area contributed by atoms with Crippen LogP contribution in [0.5, 0.6) is 0 Å². The maximum absolute atomic E-state index is 10.0. The molecule has 17 heavy (non-hydrogen) atoms. The number of hydrogen-bond acceptors (Lipinski definition) is 2. The molecule has 0 radical (unpaired) electrons. The molecule has 0 saturated heterocycles. The Morgan fingerprint density at radius 2 is 1.82 bits per heavy atom. The van der Waals surface area contributed by atoms with Crippen molar-refractivity contribution in [2.75, 3.05) is 13.2 Å². The molecular formula is C15H30O2. The number of hydrogen-bond donors (Lipinski definition) is 1. The normalized spacial score (nSPS) is 27.0. The molecular weight excluding hydrogens is 212 g/mol. The van der Waals surface area contributed by atoms with Gasteiger partial charge in [0, 0.05) is 6.61 Å². The Kier molecular flexibility index (Phi) is 7.87. The Balaban J connectivity index is 2.12. The van der Waals surface area contributed by atoms with E-state index in [1.54, 1.807) is 0 Å². The fourth-order valence-corrected chi connectivity index (χ4v) is 2.84. The van der Waals surface area contributed by atoms with Crippen molar-refractivity contribution in [1.29, 1.82) is 0 Å². The minimum absolute atomic E-state index is 0.228. The molecule has 1 fully saturated rings. The summed E-state index contributed by atoms with van der Waals surface area (Å²) in [6.45, 7) is 5.69. The fraction of sp³-hybridized carbons (Fsp3) is 1.00. The first-order valence-electron chi connectivity index (χ1n) is 7.53. The number of rotatable bonds is 8. The lowest BCUT2D eigenvalue weighted by Gasteiger charge is -2.31. The van der Waals surface area contributed by atoms with Gasteiger partial charge in [0.25, 0.3) is 0 Å². The van der Waals surface area contributed by atoms with Crippen LogP contribution in [0.25, 0.3) is 0 Å². The molecule has 0 aromatic carbocycles. The minimum atomic E-state index is -0.228. The lowest BCUT2D eigenvalue weighted by molar-refractivity contribution is -0.00905. The zero-order chi connectivity index (χ0) is 12.5. The summed E-state index contributed by atoms with van der Waals surface area (Å²) in [4.78, 5) is 0. The highest BCUT2D eigenvalue weighted by Gasteiger charge is 2.26. The maximum atomic E-state index is 10.0. The second-order valence-corrected chi connectivity index (χ2v) is 5.57. The zero-order valence-electron chi connectivity index (χ0n) is 11.7. The van der Waals surface area contributed by atoms with E-state index in [1.165, 1.54) is 44.9 Å². The summed E-state index contributed by atoms with van der Waals surface area (Å²) >= 11 is 0. The van der Waals surface area contributed by atoms with Gasteiger partial charge in [0.1, 0.15) is 0 Å². The Labute approximate surface area is 107 Å². The minimum Gasteiger partial charge on any atom is -0.390 e. The fourth-order valence-electron chi connectivity index (χ4n) is 2.84. The van der Waals surface area contributed by atoms with Gasteiger partial charge in [-0.2, -0.15) is 0 Å². The molecule has 0 bridgehead atoms. The van der Waals surface area contributed by atoms with Gasteiger partial charge in [-0.25, -0.2) is 0 Å². The van der Waals surface area contributed by atoms with E-state index in [-0.39, 0.29) is 6.10 Å². The summed E-state index contributed by atoms with van der Waals surface area (Å²) in [5, 5.41) is 10.0. The first kappa shape index (κ1) is 15.0. The second kappa shape index (κ2) is 8.93. The third-order valence-corrected chi connectivity index (χ3v) is 4.04. The van der Waals surface area contributed by atoms with Gasteiger partial charge >= 0.3 is 0 Å². The van der Waals surface area contributed by atoms with Crippen LogP contribution in [0.3, 0.4) is 0 Å². The first-order chi connectivity index (χ1) is 8.27. The van der Waals surface area contributed by atoms with Crippen molar-refractivity contribution in [3.63, 3.8) is 0 Å². The molecule has 1 aliphatic rings. The topological polar surface area (TPSA) is 29.5 Å². The quantitative estimate of drug-likeness (QED) is 0.657. The van der Waals surface area contributed by atoms with Crippen molar-refractivity contribution in [2.45, 2.75) is 71.3 Å². The number of aliphatic hydroxyl groups excluding tert-OH is 1. The second-order valence-electron chi connectivity index (χ2n) is 5.57. The van der Waals surface area contributed by atoms with Crippen LogP contribution in [0, 0.1) is 11.8 Å². The zero-order valence-corrected chi connectivity index (χ0v) is 11.7. The summed E-state index contributed by atoms with van der Waals surface area (Å²) < 4.78 is 5.44. The Morgan fingerprint density at radius 1 is 1.12 bits per heavy atom. The van der Waals surface area contributed by atoms with E-state index in [0.717, 1.165) is 18.9 Å². The molecule has 2 heteroatoms. The third kappa shape index (κ3) is 5.87. The van der Waals surface area contributed by atoms with Crippen molar-refractivity contribution < 1.29 is 9.84 Å². The van der Waals surface area contributed by atoms with Gasteiger partial charge < -0.3 is 9.84 Å². The third-order valence-electron chi connectivity index (χ3n) is 4.04. The Bertz CT molecular complexity index is 174. The summed E-state index contributed by atoms with van der Waals surface area (Å²) in [5.74, 6) is 1.42.